The zero-order chi connectivity index (χ0) is 21.1. The predicted octanol–water partition coefficient (Wildman–Crippen LogP) is 4.19. The van der Waals surface area contributed by atoms with Gasteiger partial charge in [0.1, 0.15) is 5.75 Å². The number of aromatic nitrogens is 1. The van der Waals surface area contributed by atoms with Crippen LogP contribution in [0.25, 0.3) is 10.9 Å². The number of benzene rings is 1. The highest BCUT2D eigenvalue weighted by molar-refractivity contribution is 6.06. The Morgan fingerprint density at radius 1 is 1.13 bits per heavy atom. The number of aryl methyl sites for hydroxylation is 1. The van der Waals surface area contributed by atoms with Crippen molar-refractivity contribution in [1.82, 2.24) is 14.5 Å². The van der Waals surface area contributed by atoms with Crippen LogP contribution in [-0.4, -0.2) is 61.3 Å². The smallest absolute Gasteiger partial charge is 0.279 e. The fourth-order valence-electron chi connectivity index (χ4n) is 5.36. The summed E-state index contributed by atoms with van der Waals surface area (Å²) in [6, 6.07) is 5.95. The molecule has 2 unspecified atom stereocenters. The molecule has 0 N–H and O–H groups in total. The summed E-state index contributed by atoms with van der Waals surface area (Å²) < 4.78 is 7.59. The van der Waals surface area contributed by atoms with Gasteiger partial charge in [-0.05, 0) is 62.4 Å². The molecule has 2 fully saturated rings. The molecule has 0 spiro atoms. The summed E-state index contributed by atoms with van der Waals surface area (Å²) in [4.78, 5) is 20.6. The molecule has 1 saturated heterocycles. The van der Waals surface area contributed by atoms with Crippen molar-refractivity contribution in [3.05, 3.63) is 30.0 Å². The molecule has 6 nitrogen and oxygen atoms in total. The summed E-state index contributed by atoms with van der Waals surface area (Å²) in [5, 5.41) is 2.18. The summed E-state index contributed by atoms with van der Waals surface area (Å²) in [5.74, 6) is 2.50. The van der Waals surface area contributed by atoms with Gasteiger partial charge >= 0.3 is 0 Å². The molecule has 2 heterocycles. The number of hydroxylamine groups is 2. The fraction of sp³-hybridized carbons (Fsp3) is 0.625. The predicted molar refractivity (Wildman–Crippen MR) is 119 cm³/mol. The van der Waals surface area contributed by atoms with Gasteiger partial charge < -0.3 is 14.2 Å². The van der Waals surface area contributed by atoms with E-state index >= 15 is 0 Å². The number of fused-ring (bicyclic) bond motifs is 2. The number of methoxy groups -OCH3 is 1. The number of likely N-dealkylation sites (tertiary alicyclic amines) is 1. The maximum Gasteiger partial charge on any atom is 0.279 e. The van der Waals surface area contributed by atoms with E-state index in [1.54, 1.807) is 14.2 Å². The van der Waals surface area contributed by atoms with Crippen molar-refractivity contribution in [1.29, 1.82) is 0 Å². The highest BCUT2D eigenvalue weighted by Crippen LogP contribution is 2.36. The molecule has 1 saturated carbocycles. The first kappa shape index (κ1) is 21.2. The van der Waals surface area contributed by atoms with Crippen LogP contribution in [0.5, 0.6) is 5.75 Å². The van der Waals surface area contributed by atoms with Crippen molar-refractivity contribution in [3.8, 4) is 5.75 Å². The van der Waals surface area contributed by atoms with E-state index in [-0.39, 0.29) is 5.91 Å². The van der Waals surface area contributed by atoms with Crippen LogP contribution < -0.4 is 4.74 Å². The molecule has 2 aromatic rings. The molecule has 30 heavy (non-hydrogen) atoms. The summed E-state index contributed by atoms with van der Waals surface area (Å²) in [6.45, 7) is 4.54. The van der Waals surface area contributed by atoms with Gasteiger partial charge in [0.2, 0.25) is 0 Å². The molecular weight excluding hydrogens is 378 g/mol. The molecule has 0 radical (unpaired) electrons. The molecule has 1 aromatic carbocycles. The van der Waals surface area contributed by atoms with Crippen LogP contribution in [0.4, 0.5) is 0 Å². The third-order valence-electron chi connectivity index (χ3n) is 7.13. The number of carbonyl (C=O) groups is 1. The van der Waals surface area contributed by atoms with Gasteiger partial charge in [-0.15, -0.1) is 0 Å². The Morgan fingerprint density at radius 2 is 1.93 bits per heavy atom. The minimum absolute atomic E-state index is 0.145. The molecule has 1 amide bonds. The monoisotopic (exact) mass is 413 g/mol. The number of ether oxygens (including phenoxy) is 1. The Hall–Kier alpha value is -2.05. The zero-order valence-corrected chi connectivity index (χ0v) is 18.6. The third kappa shape index (κ3) is 4.35. The van der Waals surface area contributed by atoms with Crippen molar-refractivity contribution in [2.75, 3.05) is 40.9 Å². The van der Waals surface area contributed by atoms with Gasteiger partial charge in [0, 0.05) is 37.2 Å². The minimum atomic E-state index is -0.145. The lowest BCUT2D eigenvalue weighted by atomic mass is 9.75. The molecule has 164 valence electrons. The Balaban J connectivity index is 1.45. The molecule has 1 aliphatic heterocycles. The lowest BCUT2D eigenvalue weighted by Crippen LogP contribution is -2.42. The van der Waals surface area contributed by atoms with Gasteiger partial charge in [-0.2, -0.15) is 0 Å². The van der Waals surface area contributed by atoms with E-state index in [2.05, 4.69) is 9.47 Å². The summed E-state index contributed by atoms with van der Waals surface area (Å²) in [7, 11) is 4.80. The minimum Gasteiger partial charge on any atom is -0.497 e. The van der Waals surface area contributed by atoms with Crippen molar-refractivity contribution in [2.45, 2.75) is 45.1 Å². The fourth-order valence-corrected chi connectivity index (χ4v) is 5.36. The van der Waals surface area contributed by atoms with E-state index in [1.165, 1.54) is 57.4 Å². The van der Waals surface area contributed by atoms with Crippen molar-refractivity contribution >= 4 is 16.8 Å². The average Bonchev–Trinajstić information content (AvgIpc) is 3.15. The quantitative estimate of drug-likeness (QED) is 0.639. The lowest BCUT2D eigenvalue weighted by Gasteiger charge is -2.41. The van der Waals surface area contributed by atoms with Gasteiger partial charge in [-0.3, -0.25) is 9.63 Å². The summed E-state index contributed by atoms with van der Waals surface area (Å²) in [6.07, 6.45) is 10.1. The van der Waals surface area contributed by atoms with Gasteiger partial charge in [0.25, 0.3) is 5.91 Å². The standard InChI is InChI=1S/C24H35N3O3/c1-25(30-3)24(28)22-17-27(23-10-9-20(29-2)15-21(22)23)13-6-12-26-14-11-18-7-4-5-8-19(18)16-26/h9-10,15,17-19H,4-8,11-14,16H2,1-3H3. The maximum absolute atomic E-state index is 12.8. The second kappa shape index (κ2) is 9.40. The molecule has 6 heteroatoms. The normalized spacial score (nSPS) is 22.1. The third-order valence-corrected chi connectivity index (χ3v) is 7.13. The number of hydrogen-bond donors (Lipinski definition) is 0. The average molecular weight is 414 g/mol. The van der Waals surface area contributed by atoms with Gasteiger partial charge in [-0.1, -0.05) is 19.3 Å². The van der Waals surface area contributed by atoms with E-state index in [0.29, 0.717) is 5.56 Å². The highest BCUT2D eigenvalue weighted by atomic mass is 16.7. The number of amides is 1. The first-order chi connectivity index (χ1) is 14.6. The van der Waals surface area contributed by atoms with Crippen LogP contribution in [0.1, 0.15) is 48.9 Å². The van der Waals surface area contributed by atoms with Crippen molar-refractivity contribution < 1.29 is 14.4 Å². The van der Waals surface area contributed by atoms with E-state index in [0.717, 1.165) is 48.0 Å². The number of nitrogens with zero attached hydrogens (tertiary/aromatic N) is 3. The summed E-state index contributed by atoms with van der Waals surface area (Å²) in [5.41, 5.74) is 1.71. The molecule has 0 bridgehead atoms. The Labute approximate surface area is 179 Å². The second-order valence-electron chi connectivity index (χ2n) is 8.85. The number of piperidine rings is 1. The number of carbonyl (C=O) groups excluding carboxylic acids is 1. The SMILES string of the molecule is COc1ccc2c(c1)c(C(=O)N(C)OC)cn2CCCN1CCC2CCCCC2C1. The Bertz CT molecular complexity index is 878. The van der Waals surface area contributed by atoms with Crippen LogP contribution in [0.15, 0.2) is 24.4 Å². The van der Waals surface area contributed by atoms with Crippen LogP contribution in [0.2, 0.25) is 0 Å². The van der Waals surface area contributed by atoms with Crippen LogP contribution in [-0.2, 0) is 11.4 Å². The molecule has 2 atom stereocenters. The maximum atomic E-state index is 12.8. The summed E-state index contributed by atoms with van der Waals surface area (Å²) >= 11 is 0. The second-order valence-corrected chi connectivity index (χ2v) is 8.85. The van der Waals surface area contributed by atoms with Crippen molar-refractivity contribution in [2.24, 2.45) is 11.8 Å². The molecule has 4 rings (SSSR count). The Kier molecular flexibility index (Phi) is 6.64. The number of rotatable bonds is 7. The first-order valence-corrected chi connectivity index (χ1v) is 11.3. The molecule has 1 aliphatic carbocycles. The first-order valence-electron chi connectivity index (χ1n) is 11.3. The zero-order valence-electron chi connectivity index (χ0n) is 18.6. The van der Waals surface area contributed by atoms with Gasteiger partial charge in [0.05, 0.1) is 19.8 Å². The van der Waals surface area contributed by atoms with Crippen LogP contribution in [0.3, 0.4) is 0 Å². The topological polar surface area (TPSA) is 46.9 Å². The highest BCUT2D eigenvalue weighted by Gasteiger charge is 2.30. The molecule has 1 aromatic heterocycles. The van der Waals surface area contributed by atoms with E-state index in [9.17, 15) is 4.79 Å². The van der Waals surface area contributed by atoms with Crippen LogP contribution >= 0.6 is 0 Å². The van der Waals surface area contributed by atoms with Gasteiger partial charge in [-0.25, -0.2) is 5.06 Å². The van der Waals surface area contributed by atoms with Crippen LogP contribution in [0, 0.1) is 11.8 Å². The number of hydrogen-bond acceptors (Lipinski definition) is 4. The largest absolute Gasteiger partial charge is 0.497 e. The van der Waals surface area contributed by atoms with E-state index < -0.39 is 0 Å². The van der Waals surface area contributed by atoms with E-state index in [1.807, 2.05) is 24.4 Å². The van der Waals surface area contributed by atoms with Crippen molar-refractivity contribution in [3.63, 3.8) is 0 Å². The van der Waals surface area contributed by atoms with Gasteiger partial charge in [0.15, 0.2) is 0 Å². The lowest BCUT2D eigenvalue weighted by molar-refractivity contribution is -0.0755. The molecule has 2 aliphatic rings. The molecular formula is C24H35N3O3. The van der Waals surface area contributed by atoms with E-state index in [4.69, 9.17) is 9.57 Å². The Morgan fingerprint density at radius 3 is 2.70 bits per heavy atom.